The van der Waals surface area contributed by atoms with Gasteiger partial charge in [0.05, 0.1) is 10.1 Å². The molecule has 0 saturated heterocycles. The van der Waals surface area contributed by atoms with Gasteiger partial charge in [0.1, 0.15) is 5.82 Å². The molecule has 0 saturated carbocycles. The highest BCUT2D eigenvalue weighted by atomic mass is 79.9. The molecule has 2 atom stereocenters. The minimum Gasteiger partial charge on any atom is -0.385 e. The molecule has 3 rings (SSSR count). The second-order valence-corrected chi connectivity index (χ2v) is 6.84. The van der Waals surface area contributed by atoms with Crippen LogP contribution in [0.15, 0.2) is 46.9 Å². The van der Waals surface area contributed by atoms with Crippen molar-refractivity contribution in [2.75, 3.05) is 0 Å². The predicted molar refractivity (Wildman–Crippen MR) is 85.8 cm³/mol. The quantitative estimate of drug-likeness (QED) is 0.816. The van der Waals surface area contributed by atoms with Crippen LogP contribution in [0.3, 0.4) is 0 Å². The lowest BCUT2D eigenvalue weighted by Crippen LogP contribution is -2.34. The van der Waals surface area contributed by atoms with Crippen molar-refractivity contribution in [3.05, 3.63) is 69.4 Å². The first-order chi connectivity index (χ1) is 9.99. The highest BCUT2D eigenvalue weighted by Gasteiger charge is 2.36. The van der Waals surface area contributed by atoms with E-state index in [1.165, 1.54) is 11.6 Å². The lowest BCUT2D eigenvalue weighted by atomic mass is 9.72. The first-order valence-corrected chi connectivity index (χ1v) is 8.04. The van der Waals surface area contributed by atoms with Crippen LogP contribution >= 0.6 is 15.9 Å². The first kappa shape index (κ1) is 14.7. The number of aliphatic hydroxyl groups is 1. The maximum absolute atomic E-state index is 13.4. The van der Waals surface area contributed by atoms with Crippen molar-refractivity contribution >= 4 is 15.9 Å². The molecule has 1 aliphatic carbocycles. The smallest absolute Gasteiger partial charge is 0.137 e. The van der Waals surface area contributed by atoms with E-state index in [-0.39, 0.29) is 5.82 Å². The molecule has 1 N–H and O–H groups in total. The summed E-state index contributed by atoms with van der Waals surface area (Å²) in [5.41, 5.74) is 2.33. The highest BCUT2D eigenvalue weighted by Crippen LogP contribution is 2.43. The zero-order valence-corrected chi connectivity index (χ0v) is 13.5. The molecule has 0 amide bonds. The zero-order chi connectivity index (χ0) is 15.0. The second-order valence-electron chi connectivity index (χ2n) is 5.98. The van der Waals surface area contributed by atoms with Gasteiger partial charge in [0.25, 0.3) is 0 Å². The van der Waals surface area contributed by atoms with Crippen molar-refractivity contribution in [3.63, 3.8) is 0 Å². The molecule has 0 bridgehead atoms. The van der Waals surface area contributed by atoms with Crippen molar-refractivity contribution in [2.24, 2.45) is 0 Å². The Bertz CT molecular complexity index is 670. The van der Waals surface area contributed by atoms with Gasteiger partial charge in [-0.1, -0.05) is 37.3 Å². The summed E-state index contributed by atoms with van der Waals surface area (Å²) >= 11 is 3.21. The van der Waals surface area contributed by atoms with Gasteiger partial charge in [-0.3, -0.25) is 0 Å². The third kappa shape index (κ3) is 2.77. The molecule has 0 spiro atoms. The summed E-state index contributed by atoms with van der Waals surface area (Å²) in [4.78, 5) is 0. The van der Waals surface area contributed by atoms with Gasteiger partial charge < -0.3 is 5.11 Å². The fourth-order valence-corrected chi connectivity index (χ4v) is 3.69. The van der Waals surface area contributed by atoms with Gasteiger partial charge in [0.15, 0.2) is 0 Å². The van der Waals surface area contributed by atoms with E-state index in [2.05, 4.69) is 28.9 Å². The third-order valence-corrected chi connectivity index (χ3v) is 5.07. The average molecular weight is 349 g/mol. The maximum atomic E-state index is 13.4. The Morgan fingerprint density at radius 1 is 1.29 bits per heavy atom. The molecule has 21 heavy (non-hydrogen) atoms. The Hall–Kier alpha value is -1.19. The van der Waals surface area contributed by atoms with Crippen LogP contribution in [-0.2, 0) is 12.0 Å². The van der Waals surface area contributed by atoms with Crippen LogP contribution in [0.25, 0.3) is 0 Å². The molecule has 0 radical (unpaired) electrons. The minimum absolute atomic E-state index is 0.275. The molecule has 0 fully saturated rings. The van der Waals surface area contributed by atoms with E-state index in [4.69, 9.17) is 0 Å². The van der Waals surface area contributed by atoms with E-state index >= 15 is 0 Å². The van der Waals surface area contributed by atoms with Crippen LogP contribution in [0.5, 0.6) is 0 Å². The molecule has 3 heteroatoms. The summed E-state index contributed by atoms with van der Waals surface area (Å²) in [5.74, 6) is 0.199. The zero-order valence-electron chi connectivity index (χ0n) is 11.9. The second kappa shape index (κ2) is 5.54. The molecule has 2 unspecified atom stereocenters. The van der Waals surface area contributed by atoms with E-state index in [1.54, 1.807) is 12.1 Å². The molecule has 2 aromatic rings. The highest BCUT2D eigenvalue weighted by molar-refractivity contribution is 9.10. The summed E-state index contributed by atoms with van der Waals surface area (Å²) in [7, 11) is 0. The van der Waals surface area contributed by atoms with Gasteiger partial charge in [-0.15, -0.1) is 0 Å². The van der Waals surface area contributed by atoms with E-state index in [0.717, 1.165) is 24.0 Å². The molecule has 0 aromatic heterocycles. The van der Waals surface area contributed by atoms with Gasteiger partial charge in [0.2, 0.25) is 0 Å². The van der Waals surface area contributed by atoms with Gasteiger partial charge >= 0.3 is 0 Å². The molecular formula is C18H18BrFO. The van der Waals surface area contributed by atoms with E-state index < -0.39 is 5.60 Å². The molecule has 2 aromatic carbocycles. The van der Waals surface area contributed by atoms with Crippen LogP contribution < -0.4 is 0 Å². The Kier molecular flexibility index (Phi) is 3.89. The standard InChI is InChI=1S/C18H18BrFO/c1-12-8-9-18(21,15-5-3-2-4-14(12)15)11-13-6-7-17(20)16(19)10-13/h2-7,10,12,21H,8-9,11H2,1H3. The molecule has 0 aliphatic heterocycles. The summed E-state index contributed by atoms with van der Waals surface area (Å²) in [6, 6.07) is 13.1. The van der Waals surface area contributed by atoms with Crippen LogP contribution in [-0.4, -0.2) is 5.11 Å². The van der Waals surface area contributed by atoms with Crippen molar-refractivity contribution in [3.8, 4) is 0 Å². The van der Waals surface area contributed by atoms with E-state index in [0.29, 0.717) is 16.8 Å². The van der Waals surface area contributed by atoms with Crippen LogP contribution in [0.2, 0.25) is 0 Å². The first-order valence-electron chi connectivity index (χ1n) is 7.25. The van der Waals surface area contributed by atoms with Crippen molar-refractivity contribution in [2.45, 2.75) is 37.7 Å². The fraction of sp³-hybridized carbons (Fsp3) is 0.333. The average Bonchev–Trinajstić information content (AvgIpc) is 2.48. The number of fused-ring (bicyclic) bond motifs is 1. The third-order valence-electron chi connectivity index (χ3n) is 4.46. The number of benzene rings is 2. The maximum Gasteiger partial charge on any atom is 0.137 e. The molecular weight excluding hydrogens is 331 g/mol. The SMILES string of the molecule is CC1CCC(O)(Cc2ccc(F)c(Br)c2)c2ccccc21. The number of rotatable bonds is 2. The van der Waals surface area contributed by atoms with Crippen molar-refractivity contribution < 1.29 is 9.50 Å². The van der Waals surface area contributed by atoms with Crippen molar-refractivity contribution in [1.82, 2.24) is 0 Å². The predicted octanol–water partition coefficient (Wildman–Crippen LogP) is 4.92. The molecule has 0 heterocycles. The summed E-state index contributed by atoms with van der Waals surface area (Å²) < 4.78 is 13.8. The van der Waals surface area contributed by atoms with Crippen LogP contribution in [0.4, 0.5) is 4.39 Å². The summed E-state index contributed by atoms with van der Waals surface area (Å²) in [6.07, 6.45) is 2.21. The Morgan fingerprint density at radius 2 is 2.05 bits per heavy atom. The number of halogens is 2. The van der Waals surface area contributed by atoms with Gasteiger partial charge in [-0.05, 0) is 63.5 Å². The topological polar surface area (TPSA) is 20.2 Å². The Morgan fingerprint density at radius 3 is 2.81 bits per heavy atom. The molecule has 1 aliphatic rings. The lowest BCUT2D eigenvalue weighted by molar-refractivity contribution is 0.0159. The lowest BCUT2D eigenvalue weighted by Gasteiger charge is -2.37. The largest absolute Gasteiger partial charge is 0.385 e. The number of hydrogen-bond acceptors (Lipinski definition) is 1. The van der Waals surface area contributed by atoms with E-state index in [1.807, 2.05) is 18.2 Å². The summed E-state index contributed by atoms with van der Waals surface area (Å²) in [5, 5.41) is 11.1. The fourth-order valence-electron chi connectivity index (χ4n) is 3.27. The Labute approximate surface area is 132 Å². The molecule has 110 valence electrons. The van der Waals surface area contributed by atoms with Gasteiger partial charge in [0, 0.05) is 6.42 Å². The van der Waals surface area contributed by atoms with Crippen LogP contribution in [0.1, 0.15) is 42.4 Å². The number of hydrogen-bond donors (Lipinski definition) is 1. The Balaban J connectivity index is 1.97. The van der Waals surface area contributed by atoms with Gasteiger partial charge in [-0.2, -0.15) is 0 Å². The normalized spacial score (nSPS) is 24.7. The van der Waals surface area contributed by atoms with Gasteiger partial charge in [-0.25, -0.2) is 4.39 Å². The minimum atomic E-state index is -0.861. The van der Waals surface area contributed by atoms with E-state index in [9.17, 15) is 9.50 Å². The monoisotopic (exact) mass is 348 g/mol. The van der Waals surface area contributed by atoms with Crippen molar-refractivity contribution in [1.29, 1.82) is 0 Å². The van der Waals surface area contributed by atoms with Crippen LogP contribution in [0, 0.1) is 5.82 Å². The molecule has 1 nitrogen and oxygen atoms in total. The summed E-state index contributed by atoms with van der Waals surface area (Å²) in [6.45, 7) is 2.20.